The van der Waals surface area contributed by atoms with Crippen molar-refractivity contribution in [2.24, 2.45) is 5.92 Å². The van der Waals surface area contributed by atoms with E-state index < -0.39 is 0 Å². The molecule has 2 aromatic rings. The van der Waals surface area contributed by atoms with Crippen LogP contribution in [0.2, 0.25) is 0 Å². The van der Waals surface area contributed by atoms with Crippen molar-refractivity contribution >= 4 is 23.0 Å². The maximum atomic E-state index is 12.8. The van der Waals surface area contributed by atoms with Gasteiger partial charge in [-0.25, -0.2) is 0 Å². The summed E-state index contributed by atoms with van der Waals surface area (Å²) in [6.07, 6.45) is 4.78. The summed E-state index contributed by atoms with van der Waals surface area (Å²) in [4.78, 5) is 38.0. The van der Waals surface area contributed by atoms with Gasteiger partial charge in [-0.05, 0) is 42.9 Å². The number of hydrogen-bond acceptors (Lipinski definition) is 3. The second-order valence-electron chi connectivity index (χ2n) is 8.06. The van der Waals surface area contributed by atoms with Crippen LogP contribution in [0.4, 0.5) is 0 Å². The molecule has 0 saturated heterocycles. The smallest absolute Gasteiger partial charge is 0.223 e. The minimum atomic E-state index is -0.179. The molecule has 0 spiro atoms. The summed E-state index contributed by atoms with van der Waals surface area (Å²) in [7, 11) is 0. The molecule has 1 unspecified atom stereocenters. The maximum absolute atomic E-state index is 12.8. The fourth-order valence-electron chi connectivity index (χ4n) is 4.21. The first kappa shape index (κ1) is 20.0. The van der Waals surface area contributed by atoms with Gasteiger partial charge in [0.25, 0.3) is 0 Å². The second-order valence-corrected chi connectivity index (χ2v) is 8.06. The number of Topliss-reactive ketones (excluding diaryl/α,β-unsaturated/α-hetero) is 2. The van der Waals surface area contributed by atoms with E-state index >= 15 is 0 Å². The highest BCUT2D eigenvalue weighted by atomic mass is 16.2. The third-order valence-corrected chi connectivity index (χ3v) is 6.15. The predicted octanol–water partition coefficient (Wildman–Crippen LogP) is 4.55. The van der Waals surface area contributed by atoms with Crippen LogP contribution in [0.25, 0.3) is 5.57 Å². The zero-order chi connectivity index (χ0) is 21.3. The van der Waals surface area contributed by atoms with Crippen LogP contribution in [0.5, 0.6) is 0 Å². The highest BCUT2D eigenvalue weighted by Gasteiger charge is 2.29. The topological polar surface area (TPSA) is 63.2 Å². The van der Waals surface area contributed by atoms with Gasteiger partial charge >= 0.3 is 0 Å². The average Bonchev–Trinajstić information content (AvgIpc) is 3.19. The standard InChI is InChI=1S/C26H25NO3/c1-16(11-12-19-14-13-18-7-3-4-8-20(18)19)26(30)27-15-23-17(2)24(28)21-9-5-6-10-22(21)25(23)29/h3-10,14,16H,11-13,15H2,1-2H3,(H,27,30). The first-order chi connectivity index (χ1) is 14.5. The van der Waals surface area contributed by atoms with E-state index in [1.54, 1.807) is 31.2 Å². The number of rotatable bonds is 6. The molecule has 0 aliphatic heterocycles. The highest BCUT2D eigenvalue weighted by molar-refractivity contribution is 6.26. The van der Waals surface area contributed by atoms with Crippen LogP contribution < -0.4 is 5.32 Å². The van der Waals surface area contributed by atoms with Crippen molar-refractivity contribution in [2.75, 3.05) is 6.54 Å². The van der Waals surface area contributed by atoms with Gasteiger partial charge in [0.15, 0.2) is 11.6 Å². The highest BCUT2D eigenvalue weighted by Crippen LogP contribution is 2.31. The van der Waals surface area contributed by atoms with E-state index in [1.807, 2.05) is 13.0 Å². The van der Waals surface area contributed by atoms with E-state index in [4.69, 9.17) is 0 Å². The minimum Gasteiger partial charge on any atom is -0.352 e. The number of benzene rings is 2. The van der Waals surface area contributed by atoms with E-state index in [9.17, 15) is 14.4 Å². The van der Waals surface area contributed by atoms with Gasteiger partial charge in [0, 0.05) is 34.7 Å². The molecule has 0 saturated carbocycles. The van der Waals surface area contributed by atoms with Gasteiger partial charge in [-0.3, -0.25) is 14.4 Å². The number of hydrogen-bond donors (Lipinski definition) is 1. The van der Waals surface area contributed by atoms with Crippen molar-refractivity contribution in [1.29, 1.82) is 0 Å². The summed E-state index contributed by atoms with van der Waals surface area (Å²) in [6, 6.07) is 15.2. The largest absolute Gasteiger partial charge is 0.352 e. The van der Waals surface area contributed by atoms with Crippen molar-refractivity contribution in [3.8, 4) is 0 Å². The lowest BCUT2D eigenvalue weighted by atomic mass is 9.84. The number of ketones is 2. The van der Waals surface area contributed by atoms with Gasteiger partial charge < -0.3 is 5.32 Å². The molecule has 1 atom stereocenters. The number of carbonyl (C=O) groups is 3. The van der Waals surface area contributed by atoms with Crippen molar-refractivity contribution in [3.63, 3.8) is 0 Å². The van der Waals surface area contributed by atoms with Gasteiger partial charge in [0.05, 0.1) is 0 Å². The van der Waals surface area contributed by atoms with Crippen LogP contribution in [0.15, 0.2) is 65.8 Å². The fourth-order valence-corrected chi connectivity index (χ4v) is 4.21. The molecule has 4 nitrogen and oxygen atoms in total. The fraction of sp³-hybridized carbons (Fsp3) is 0.269. The Balaban J connectivity index is 1.36. The molecule has 2 aromatic carbocycles. The van der Waals surface area contributed by atoms with Crippen LogP contribution in [0.3, 0.4) is 0 Å². The summed E-state index contributed by atoms with van der Waals surface area (Å²) in [6.45, 7) is 3.64. The lowest BCUT2D eigenvalue weighted by Gasteiger charge is -2.20. The Morgan fingerprint density at radius 3 is 2.33 bits per heavy atom. The molecule has 152 valence electrons. The van der Waals surface area contributed by atoms with Crippen LogP contribution in [-0.2, 0) is 11.2 Å². The van der Waals surface area contributed by atoms with Crippen molar-refractivity contribution < 1.29 is 14.4 Å². The molecule has 2 aliphatic carbocycles. The first-order valence-electron chi connectivity index (χ1n) is 10.4. The summed E-state index contributed by atoms with van der Waals surface area (Å²) >= 11 is 0. The Labute approximate surface area is 176 Å². The van der Waals surface area contributed by atoms with E-state index in [0.717, 1.165) is 19.3 Å². The molecule has 0 radical (unpaired) electrons. The number of nitrogens with one attached hydrogen (secondary N) is 1. The molecule has 2 aliphatic rings. The molecule has 1 N–H and O–H groups in total. The molecule has 1 amide bonds. The number of amides is 1. The third kappa shape index (κ3) is 3.65. The van der Waals surface area contributed by atoms with Crippen molar-refractivity contribution in [1.82, 2.24) is 5.32 Å². The molecule has 4 rings (SSSR count). The van der Waals surface area contributed by atoms with Gasteiger partial charge in [-0.2, -0.15) is 0 Å². The average molecular weight is 399 g/mol. The minimum absolute atomic E-state index is 0.0828. The lowest BCUT2D eigenvalue weighted by Crippen LogP contribution is -2.34. The molecule has 0 bridgehead atoms. The Morgan fingerprint density at radius 2 is 1.60 bits per heavy atom. The van der Waals surface area contributed by atoms with Crippen LogP contribution in [0.1, 0.15) is 58.5 Å². The summed E-state index contributed by atoms with van der Waals surface area (Å²) in [5.74, 6) is -0.597. The number of allylic oxidation sites excluding steroid dienone is 3. The molecular formula is C26H25NO3. The molecule has 0 aromatic heterocycles. The number of carbonyl (C=O) groups excluding carboxylic acids is 3. The zero-order valence-electron chi connectivity index (χ0n) is 17.3. The van der Waals surface area contributed by atoms with E-state index in [0.29, 0.717) is 22.3 Å². The quantitative estimate of drug-likeness (QED) is 0.775. The van der Waals surface area contributed by atoms with Gasteiger partial charge in [0.2, 0.25) is 5.91 Å². The second kappa shape index (κ2) is 8.23. The molecule has 30 heavy (non-hydrogen) atoms. The van der Waals surface area contributed by atoms with Crippen molar-refractivity contribution in [3.05, 3.63) is 88.0 Å². The Hall–Kier alpha value is -3.27. The van der Waals surface area contributed by atoms with E-state index in [2.05, 4.69) is 29.6 Å². The van der Waals surface area contributed by atoms with Crippen LogP contribution in [0, 0.1) is 5.92 Å². The third-order valence-electron chi connectivity index (χ3n) is 6.15. The predicted molar refractivity (Wildman–Crippen MR) is 117 cm³/mol. The Bertz CT molecular complexity index is 1110. The molecule has 4 heteroatoms. The molecular weight excluding hydrogens is 374 g/mol. The normalized spacial score (nSPS) is 16.1. The first-order valence-corrected chi connectivity index (χ1v) is 10.4. The lowest BCUT2D eigenvalue weighted by molar-refractivity contribution is -0.124. The monoisotopic (exact) mass is 399 g/mol. The SMILES string of the molecule is CC1=C(CNC(=O)C(C)CCC2=CCc3ccccc32)C(=O)c2ccccc2C1=O. The van der Waals surface area contributed by atoms with E-state index in [1.165, 1.54) is 16.7 Å². The summed E-state index contributed by atoms with van der Waals surface area (Å²) in [5, 5.41) is 2.87. The van der Waals surface area contributed by atoms with Crippen LogP contribution in [-0.4, -0.2) is 24.0 Å². The Kier molecular flexibility index (Phi) is 5.49. The Morgan fingerprint density at radius 1 is 0.967 bits per heavy atom. The molecule has 0 fully saturated rings. The molecule has 0 heterocycles. The zero-order valence-corrected chi connectivity index (χ0v) is 17.3. The van der Waals surface area contributed by atoms with Gasteiger partial charge in [-0.15, -0.1) is 0 Å². The van der Waals surface area contributed by atoms with Gasteiger partial charge in [-0.1, -0.05) is 61.5 Å². The van der Waals surface area contributed by atoms with Gasteiger partial charge in [0.1, 0.15) is 0 Å². The summed E-state index contributed by atoms with van der Waals surface area (Å²) < 4.78 is 0. The van der Waals surface area contributed by atoms with Crippen molar-refractivity contribution in [2.45, 2.75) is 33.1 Å². The maximum Gasteiger partial charge on any atom is 0.223 e. The summed E-state index contributed by atoms with van der Waals surface area (Å²) in [5.41, 5.74) is 5.58. The van der Waals surface area contributed by atoms with E-state index in [-0.39, 0.29) is 29.9 Å². The van der Waals surface area contributed by atoms with Crippen LogP contribution >= 0.6 is 0 Å². The number of fused-ring (bicyclic) bond motifs is 2.